The molecule has 0 bridgehead atoms. The van der Waals surface area contributed by atoms with Crippen molar-refractivity contribution >= 4 is 52.2 Å². The third-order valence-electron chi connectivity index (χ3n) is 5.09. The van der Waals surface area contributed by atoms with Gasteiger partial charge in [-0.15, -0.1) is 0 Å². The molecule has 1 atom stereocenters. The minimum atomic E-state index is -0.361. The van der Waals surface area contributed by atoms with Crippen molar-refractivity contribution < 1.29 is 7.54 Å². The van der Waals surface area contributed by atoms with Crippen LogP contribution in [-0.2, 0) is 11.2 Å². The average molecular weight is 452 g/mol. The molecule has 0 spiro atoms. The molecule has 29 heavy (non-hydrogen) atoms. The second-order valence-corrected chi connectivity index (χ2v) is 8.06. The summed E-state index contributed by atoms with van der Waals surface area (Å²) in [5.41, 5.74) is 1.57. The smallest absolute Gasteiger partial charge is 0.227 e. The van der Waals surface area contributed by atoms with E-state index in [1.54, 1.807) is 42.3 Å². The lowest BCUT2D eigenvalue weighted by molar-refractivity contribution is -0.131. The maximum Gasteiger partial charge on any atom is 0.227 e. The van der Waals surface area contributed by atoms with Gasteiger partial charge in [0.2, 0.25) is 5.91 Å². The molecule has 2 aromatic rings. The fourth-order valence-corrected chi connectivity index (χ4v) is 3.90. The summed E-state index contributed by atoms with van der Waals surface area (Å²) in [7, 11) is 1.75. The third-order valence-corrected chi connectivity index (χ3v) is 5.92. The average Bonchev–Trinajstić information content (AvgIpc) is 3.25. The molecule has 0 saturated carbocycles. The van der Waals surface area contributed by atoms with Crippen LogP contribution in [0, 0.1) is 0 Å². The lowest BCUT2D eigenvalue weighted by Gasteiger charge is -2.32. The lowest BCUT2D eigenvalue weighted by atomic mass is 10.0. The monoisotopic (exact) mass is 451 g/mol. The predicted molar refractivity (Wildman–Crippen MR) is 122 cm³/mol. The first kappa shape index (κ1) is 19.2. The number of amides is 1. The van der Waals surface area contributed by atoms with Gasteiger partial charge >= 0.3 is 0 Å². The van der Waals surface area contributed by atoms with E-state index in [0.717, 1.165) is 31.5 Å². The summed E-state index contributed by atoms with van der Waals surface area (Å²) >= 11 is 16.8. The molecule has 4 nitrogen and oxygen atoms in total. The van der Waals surface area contributed by atoms with Crippen molar-refractivity contribution in [3.05, 3.63) is 63.6 Å². The zero-order valence-electron chi connectivity index (χ0n) is 18.1. The molecule has 0 aromatic heterocycles. The van der Waals surface area contributed by atoms with Crippen molar-refractivity contribution in [2.24, 2.45) is 4.99 Å². The normalized spacial score (nSPS) is 16.0. The van der Waals surface area contributed by atoms with Crippen LogP contribution in [0.5, 0.6) is 0 Å². The molecule has 152 valence electrons. The molecular formula is C22H23Cl2N3OS. The zero-order valence-corrected chi connectivity index (χ0v) is 18.4. The van der Waals surface area contributed by atoms with Crippen LogP contribution in [0.2, 0.25) is 10.0 Å². The molecule has 2 aromatic carbocycles. The molecule has 1 saturated heterocycles. The summed E-state index contributed by atoms with van der Waals surface area (Å²) in [5.74, 6) is -0.100. The van der Waals surface area contributed by atoms with Gasteiger partial charge in [0.1, 0.15) is 0 Å². The minimum absolute atomic E-state index is 0.100. The Balaban J connectivity index is 1.92. The van der Waals surface area contributed by atoms with Crippen molar-refractivity contribution in [1.82, 2.24) is 9.80 Å². The largest absolute Gasteiger partial charge is 0.337 e. The van der Waals surface area contributed by atoms with E-state index in [2.05, 4.69) is 27.3 Å². The maximum absolute atomic E-state index is 13.2. The van der Waals surface area contributed by atoms with Gasteiger partial charge in [0, 0.05) is 13.6 Å². The number of hydrogen-bond acceptors (Lipinski definition) is 4. The number of carbonyl (C=O) groups excluding carboxylic acids is 1. The van der Waals surface area contributed by atoms with Crippen molar-refractivity contribution in [2.75, 3.05) is 26.7 Å². The van der Waals surface area contributed by atoms with Crippen LogP contribution < -0.4 is 0 Å². The highest BCUT2D eigenvalue weighted by atomic mass is 35.5. The Bertz CT molecular complexity index is 1020. The zero-order chi connectivity index (χ0) is 22.5. The molecule has 0 unspecified atom stereocenters. The first-order chi connectivity index (χ1) is 14.8. The van der Waals surface area contributed by atoms with Crippen molar-refractivity contribution in [3.63, 3.8) is 0 Å². The molecule has 1 fully saturated rings. The lowest BCUT2D eigenvalue weighted by Crippen LogP contribution is -2.39. The first-order valence-electron chi connectivity index (χ1n) is 10.4. The van der Waals surface area contributed by atoms with Gasteiger partial charge < -0.3 is 9.80 Å². The van der Waals surface area contributed by atoms with Gasteiger partial charge in [-0.2, -0.15) is 4.99 Å². The highest BCUT2D eigenvalue weighted by molar-refractivity contribution is 7.78. The number of isothiocyanates is 1. The molecule has 1 aliphatic rings. The van der Waals surface area contributed by atoms with E-state index in [0.29, 0.717) is 22.2 Å². The third kappa shape index (κ3) is 5.88. The fraction of sp³-hybridized carbons (Fsp3) is 0.364. The fourth-order valence-electron chi connectivity index (χ4n) is 3.49. The van der Waals surface area contributed by atoms with Crippen LogP contribution in [-0.4, -0.2) is 47.6 Å². The molecule has 3 rings (SSSR count). The van der Waals surface area contributed by atoms with Crippen molar-refractivity contribution in [1.29, 1.82) is 0 Å². The van der Waals surface area contributed by atoms with Crippen LogP contribution in [0.25, 0.3) is 0 Å². The van der Waals surface area contributed by atoms with E-state index in [4.69, 9.17) is 25.9 Å². The van der Waals surface area contributed by atoms with E-state index in [-0.39, 0.29) is 36.1 Å². The van der Waals surface area contributed by atoms with Gasteiger partial charge in [0.05, 0.1) is 36.1 Å². The quantitative estimate of drug-likeness (QED) is 0.407. The van der Waals surface area contributed by atoms with Crippen LogP contribution >= 0.6 is 35.4 Å². The summed E-state index contributed by atoms with van der Waals surface area (Å²) in [6.45, 7) is 2.52. The topological polar surface area (TPSA) is 35.9 Å². The summed E-state index contributed by atoms with van der Waals surface area (Å²) in [6, 6.07) is 8.33. The second kappa shape index (κ2) is 10.3. The van der Waals surface area contributed by atoms with Gasteiger partial charge in [-0.3, -0.25) is 4.79 Å². The van der Waals surface area contributed by atoms with Crippen LogP contribution in [0.1, 0.15) is 32.8 Å². The number of likely N-dealkylation sites (N-methyl/N-ethyl adjacent to an activating group) is 1. The maximum atomic E-state index is 13.2. The van der Waals surface area contributed by atoms with E-state index in [1.807, 2.05) is 0 Å². The number of likely N-dealkylation sites (tertiary alicyclic amines) is 1. The number of aliphatic imine (C=N–C) groups is 1. The van der Waals surface area contributed by atoms with Gasteiger partial charge in [-0.1, -0.05) is 41.4 Å². The highest BCUT2D eigenvalue weighted by Crippen LogP contribution is 2.28. The van der Waals surface area contributed by atoms with E-state index in [9.17, 15) is 4.79 Å². The van der Waals surface area contributed by atoms with Gasteiger partial charge in [0.25, 0.3) is 0 Å². The second-order valence-electron chi connectivity index (χ2n) is 7.06. The molecular weight excluding hydrogens is 425 g/mol. The number of hydrogen-bond donors (Lipinski definition) is 0. The molecule has 7 heteroatoms. The van der Waals surface area contributed by atoms with E-state index in [1.165, 1.54) is 0 Å². The Labute approximate surface area is 189 Å². The summed E-state index contributed by atoms with van der Waals surface area (Å²) in [4.78, 5) is 21.0. The van der Waals surface area contributed by atoms with E-state index >= 15 is 0 Å². The first-order valence-corrected chi connectivity index (χ1v) is 10.6. The molecule has 1 heterocycles. The Morgan fingerprint density at radius 1 is 1.34 bits per heavy atom. The summed E-state index contributed by atoms with van der Waals surface area (Å²) in [5, 5.41) is 3.10. The molecule has 1 amide bonds. The number of rotatable bonds is 7. The number of halogens is 2. The number of thiocarbonyl (C=S) groups is 1. The van der Waals surface area contributed by atoms with Gasteiger partial charge in [-0.05, 0) is 73.5 Å². The Morgan fingerprint density at radius 3 is 2.79 bits per heavy atom. The minimum Gasteiger partial charge on any atom is -0.337 e. The molecule has 1 aliphatic heterocycles. The number of nitrogens with zero attached hydrogens (tertiary/aromatic N) is 3. The molecule has 0 N–H and O–H groups in total. The van der Waals surface area contributed by atoms with Gasteiger partial charge in [0.15, 0.2) is 0 Å². The van der Waals surface area contributed by atoms with Crippen LogP contribution in [0.3, 0.4) is 0 Å². The molecule has 0 aliphatic carbocycles. The highest BCUT2D eigenvalue weighted by Gasteiger charge is 2.26. The predicted octanol–water partition coefficient (Wildman–Crippen LogP) is 5.57. The number of carbonyl (C=O) groups is 1. The number of benzene rings is 2. The van der Waals surface area contributed by atoms with Gasteiger partial charge in [-0.25, -0.2) is 0 Å². The van der Waals surface area contributed by atoms with Crippen LogP contribution in [0.15, 0.2) is 47.4 Å². The van der Waals surface area contributed by atoms with E-state index < -0.39 is 0 Å². The van der Waals surface area contributed by atoms with Crippen molar-refractivity contribution in [3.8, 4) is 0 Å². The molecule has 0 radical (unpaired) electrons. The Morgan fingerprint density at radius 2 is 2.10 bits per heavy atom. The standard InChI is InChI=1S/C22H23Cl2N3OS/c1-26(22(28)12-16-7-8-19(23)20(24)11-16)21(14-27-9-2-3-10-27)17-5-4-6-18(13-17)25-15-29/h4-8,11,13,21H,2-3,9-10,12,14H2,1H3/t21-/m1/s1/i6T,13T. The van der Waals surface area contributed by atoms with Crippen LogP contribution in [0.4, 0.5) is 5.69 Å². The van der Waals surface area contributed by atoms with Crippen molar-refractivity contribution in [2.45, 2.75) is 25.3 Å². The summed E-state index contributed by atoms with van der Waals surface area (Å²) < 4.78 is 16.7. The SMILES string of the molecule is [3H]c1ccc([C@@H](CN2CCCC2)N(C)C(=O)Cc2ccc(Cl)c(Cl)c2)c([3H])c1N=C=S. The Kier molecular flexibility index (Phi) is 6.85. The Hall–Kier alpha value is -1.75. The summed E-state index contributed by atoms with van der Waals surface area (Å²) in [6.07, 6.45) is 2.40.